The van der Waals surface area contributed by atoms with Gasteiger partial charge in [-0.05, 0) is 31.7 Å². The number of nitrogens with two attached hydrogens (primary N) is 1. The Morgan fingerprint density at radius 2 is 1.67 bits per heavy atom. The molecular weight excluding hydrogens is 436 g/mol. The minimum Gasteiger partial charge on any atom is -0.480 e. The van der Waals surface area contributed by atoms with Gasteiger partial charge in [0.25, 0.3) is 11.8 Å². The first-order chi connectivity index (χ1) is 15.5. The third kappa shape index (κ3) is 10.1. The standard InChI is InChI=1S/C20H32N6O7/c1-12(2)17(18(30)24-13(19(31)32)5-3-9-23-20(21)33)25-14(27)11-22-8-4-10-26-15(28)6-7-16(26)29/h6-7,12-13,17,22H,3-5,8-11H2,1-2H3,(H,24,30)(H,25,27)(H,31,32)(H3,21,23,33)/t13-,17-/m0/s1. The summed E-state index contributed by atoms with van der Waals surface area (Å²) in [5.41, 5.74) is 4.95. The molecule has 33 heavy (non-hydrogen) atoms. The van der Waals surface area contributed by atoms with E-state index in [4.69, 9.17) is 5.73 Å². The lowest BCUT2D eigenvalue weighted by molar-refractivity contribution is -0.142. The summed E-state index contributed by atoms with van der Waals surface area (Å²) in [7, 11) is 0. The summed E-state index contributed by atoms with van der Waals surface area (Å²) in [6.07, 6.45) is 3.21. The molecule has 1 heterocycles. The first kappa shape index (κ1) is 27.6. The van der Waals surface area contributed by atoms with Gasteiger partial charge in [0.05, 0.1) is 6.54 Å². The number of urea groups is 1. The summed E-state index contributed by atoms with van der Waals surface area (Å²) in [6, 6.07) is -2.86. The molecule has 13 heteroatoms. The molecule has 0 saturated carbocycles. The van der Waals surface area contributed by atoms with Crippen LogP contribution in [0.2, 0.25) is 0 Å². The number of carbonyl (C=O) groups is 6. The Balaban J connectivity index is 2.43. The molecule has 1 aliphatic rings. The van der Waals surface area contributed by atoms with Crippen molar-refractivity contribution in [2.45, 2.75) is 45.2 Å². The fourth-order valence-electron chi connectivity index (χ4n) is 3.01. The van der Waals surface area contributed by atoms with Crippen LogP contribution >= 0.6 is 0 Å². The highest BCUT2D eigenvalue weighted by molar-refractivity contribution is 6.12. The Labute approximate surface area is 191 Å². The zero-order valence-electron chi connectivity index (χ0n) is 18.8. The van der Waals surface area contributed by atoms with Crippen LogP contribution in [0.4, 0.5) is 4.79 Å². The van der Waals surface area contributed by atoms with Gasteiger partial charge < -0.3 is 32.1 Å². The molecule has 0 spiro atoms. The monoisotopic (exact) mass is 468 g/mol. The number of aliphatic carboxylic acids is 1. The van der Waals surface area contributed by atoms with Gasteiger partial charge in [0.2, 0.25) is 11.8 Å². The van der Waals surface area contributed by atoms with E-state index >= 15 is 0 Å². The molecule has 0 unspecified atom stereocenters. The molecule has 2 atom stereocenters. The average molecular weight is 469 g/mol. The number of hydrogen-bond donors (Lipinski definition) is 6. The molecule has 13 nitrogen and oxygen atoms in total. The number of nitrogens with one attached hydrogen (secondary N) is 4. The van der Waals surface area contributed by atoms with Crippen molar-refractivity contribution in [3.63, 3.8) is 0 Å². The number of imide groups is 1. The zero-order chi connectivity index (χ0) is 25.0. The predicted octanol–water partition coefficient (Wildman–Crippen LogP) is -1.95. The second kappa shape index (κ2) is 13.8. The molecule has 184 valence electrons. The number of amides is 6. The van der Waals surface area contributed by atoms with Gasteiger partial charge in [-0.1, -0.05) is 13.8 Å². The van der Waals surface area contributed by atoms with Crippen LogP contribution in [0, 0.1) is 5.92 Å². The summed E-state index contributed by atoms with van der Waals surface area (Å²) in [5, 5.41) is 19.5. The average Bonchev–Trinajstić information content (AvgIpc) is 3.05. The van der Waals surface area contributed by atoms with Crippen molar-refractivity contribution in [2.24, 2.45) is 11.7 Å². The lowest BCUT2D eigenvalue weighted by Crippen LogP contribution is -2.55. The topological polar surface area (TPSA) is 200 Å². The largest absolute Gasteiger partial charge is 0.480 e. The van der Waals surface area contributed by atoms with Crippen LogP contribution < -0.4 is 27.0 Å². The second-order valence-corrected chi connectivity index (χ2v) is 7.81. The van der Waals surface area contributed by atoms with Crippen LogP contribution in [0.25, 0.3) is 0 Å². The summed E-state index contributed by atoms with van der Waals surface area (Å²) >= 11 is 0. The molecule has 7 N–H and O–H groups in total. The van der Waals surface area contributed by atoms with Gasteiger partial charge in [0.1, 0.15) is 12.1 Å². The Morgan fingerprint density at radius 1 is 1.03 bits per heavy atom. The molecule has 0 aromatic carbocycles. The van der Waals surface area contributed by atoms with E-state index in [1.54, 1.807) is 13.8 Å². The Morgan fingerprint density at radius 3 is 2.21 bits per heavy atom. The number of hydrogen-bond acceptors (Lipinski definition) is 7. The van der Waals surface area contributed by atoms with Crippen molar-refractivity contribution < 1.29 is 33.9 Å². The zero-order valence-corrected chi connectivity index (χ0v) is 18.8. The van der Waals surface area contributed by atoms with Gasteiger partial charge in [-0.3, -0.25) is 24.1 Å². The number of rotatable bonds is 15. The van der Waals surface area contributed by atoms with E-state index in [9.17, 15) is 33.9 Å². The quantitative estimate of drug-likeness (QED) is 0.118. The maximum Gasteiger partial charge on any atom is 0.326 e. The molecule has 0 aromatic heterocycles. The van der Waals surface area contributed by atoms with Gasteiger partial charge in [-0.2, -0.15) is 0 Å². The fourth-order valence-corrected chi connectivity index (χ4v) is 3.01. The minimum absolute atomic E-state index is 0.0687. The van der Waals surface area contributed by atoms with E-state index in [2.05, 4.69) is 21.3 Å². The minimum atomic E-state index is -1.23. The molecule has 0 fully saturated rings. The van der Waals surface area contributed by atoms with E-state index in [1.165, 1.54) is 12.2 Å². The first-order valence-corrected chi connectivity index (χ1v) is 10.6. The van der Waals surface area contributed by atoms with Gasteiger partial charge >= 0.3 is 12.0 Å². The fraction of sp³-hybridized carbons (Fsp3) is 0.600. The van der Waals surface area contributed by atoms with Crippen molar-refractivity contribution in [2.75, 3.05) is 26.2 Å². The molecule has 6 amide bonds. The number of carboxylic acid groups (broad SMARTS) is 1. The predicted molar refractivity (Wildman–Crippen MR) is 117 cm³/mol. The Bertz CT molecular complexity index is 765. The van der Waals surface area contributed by atoms with Crippen LogP contribution in [0.1, 0.15) is 33.1 Å². The van der Waals surface area contributed by atoms with Gasteiger partial charge in [0, 0.05) is 25.2 Å². The van der Waals surface area contributed by atoms with Crippen LogP contribution in [-0.2, 0) is 24.0 Å². The molecule has 0 radical (unpaired) electrons. The third-order valence-electron chi connectivity index (χ3n) is 4.77. The highest BCUT2D eigenvalue weighted by atomic mass is 16.4. The highest BCUT2D eigenvalue weighted by Gasteiger charge is 2.28. The van der Waals surface area contributed by atoms with E-state index in [1.807, 2.05) is 0 Å². The van der Waals surface area contributed by atoms with Crippen molar-refractivity contribution >= 4 is 35.6 Å². The smallest absolute Gasteiger partial charge is 0.326 e. The van der Waals surface area contributed by atoms with E-state index in [-0.39, 0.29) is 50.2 Å². The molecule has 0 aliphatic carbocycles. The van der Waals surface area contributed by atoms with E-state index < -0.39 is 35.9 Å². The molecular formula is C20H32N6O7. The van der Waals surface area contributed by atoms with Crippen LogP contribution in [0.3, 0.4) is 0 Å². The molecule has 0 saturated heterocycles. The lowest BCUT2D eigenvalue weighted by Gasteiger charge is -2.24. The maximum absolute atomic E-state index is 12.6. The number of primary amides is 1. The third-order valence-corrected chi connectivity index (χ3v) is 4.77. The number of carboxylic acids is 1. The molecule has 0 bridgehead atoms. The molecule has 1 rings (SSSR count). The maximum atomic E-state index is 12.6. The van der Waals surface area contributed by atoms with Crippen molar-refractivity contribution in [3.8, 4) is 0 Å². The summed E-state index contributed by atoms with van der Waals surface area (Å²) < 4.78 is 0. The van der Waals surface area contributed by atoms with E-state index in [0.717, 1.165) is 4.90 Å². The summed E-state index contributed by atoms with van der Waals surface area (Å²) in [5.74, 6) is -3.37. The van der Waals surface area contributed by atoms with E-state index in [0.29, 0.717) is 13.0 Å². The summed E-state index contributed by atoms with van der Waals surface area (Å²) in [4.78, 5) is 71.0. The lowest BCUT2D eigenvalue weighted by atomic mass is 10.0. The number of carbonyl (C=O) groups excluding carboxylic acids is 5. The Hall–Kier alpha value is -3.48. The van der Waals surface area contributed by atoms with Crippen LogP contribution in [0.5, 0.6) is 0 Å². The summed E-state index contributed by atoms with van der Waals surface area (Å²) in [6.45, 7) is 4.08. The van der Waals surface area contributed by atoms with Gasteiger partial charge in [-0.25, -0.2) is 9.59 Å². The van der Waals surface area contributed by atoms with Crippen molar-refractivity contribution in [3.05, 3.63) is 12.2 Å². The molecule has 1 aliphatic heterocycles. The Kier molecular flexibility index (Phi) is 11.5. The first-order valence-electron chi connectivity index (χ1n) is 10.6. The SMILES string of the molecule is CC(C)[C@H](NC(=O)CNCCCN1C(=O)C=CC1=O)C(=O)N[C@@H](CCCNC(N)=O)C(=O)O. The highest BCUT2D eigenvalue weighted by Crippen LogP contribution is 2.05. The molecule has 0 aromatic rings. The van der Waals surface area contributed by atoms with Crippen LogP contribution in [0.15, 0.2) is 12.2 Å². The normalized spacial score (nSPS) is 14.8. The van der Waals surface area contributed by atoms with Gasteiger partial charge in [-0.15, -0.1) is 0 Å². The number of nitrogens with zero attached hydrogens (tertiary/aromatic N) is 1. The van der Waals surface area contributed by atoms with Crippen molar-refractivity contribution in [1.29, 1.82) is 0 Å². The van der Waals surface area contributed by atoms with Crippen LogP contribution in [-0.4, -0.2) is 83.9 Å². The van der Waals surface area contributed by atoms with Gasteiger partial charge in [0.15, 0.2) is 0 Å². The van der Waals surface area contributed by atoms with Crippen molar-refractivity contribution in [1.82, 2.24) is 26.2 Å². The second-order valence-electron chi connectivity index (χ2n) is 7.81.